The van der Waals surface area contributed by atoms with Crippen LogP contribution in [0, 0.1) is 0 Å². The fourth-order valence-corrected chi connectivity index (χ4v) is 1.96. The Balaban J connectivity index is 2.52. The number of amides is 1. The highest BCUT2D eigenvalue weighted by Crippen LogP contribution is 2.07. The molecule has 0 fully saturated rings. The molecule has 5 nitrogen and oxygen atoms in total. The topological polar surface area (TPSA) is 50.8 Å². The molecule has 21 heavy (non-hydrogen) atoms. The molecule has 0 aliphatic heterocycles. The average Bonchev–Trinajstić information content (AvgIpc) is 2.50. The molecule has 0 heterocycles. The molecule has 0 saturated heterocycles. The molecule has 1 aromatic carbocycles. The maximum atomic E-state index is 11.9. The third kappa shape index (κ3) is 7.11. The number of nitrogens with zero attached hydrogens (tertiary/aromatic N) is 1. The molecule has 5 heteroatoms. The maximum absolute atomic E-state index is 11.9. The second kappa shape index (κ2) is 10.2. The van der Waals surface area contributed by atoms with Gasteiger partial charge in [-0.3, -0.25) is 5.32 Å². The SMILES string of the molecule is CCOCC(CN(CC)CC)OC(=O)Nc1ccccc1. The smallest absolute Gasteiger partial charge is 0.412 e. The first-order chi connectivity index (χ1) is 10.2. The Morgan fingerprint density at radius 1 is 1.19 bits per heavy atom. The second-order valence-corrected chi connectivity index (χ2v) is 4.66. The van der Waals surface area contributed by atoms with Crippen LogP contribution in [-0.4, -0.2) is 49.9 Å². The van der Waals surface area contributed by atoms with Crippen LogP contribution in [0.5, 0.6) is 0 Å². The van der Waals surface area contributed by atoms with Crippen LogP contribution in [0.4, 0.5) is 10.5 Å². The van der Waals surface area contributed by atoms with E-state index >= 15 is 0 Å². The highest BCUT2D eigenvalue weighted by Gasteiger charge is 2.17. The van der Waals surface area contributed by atoms with E-state index in [1.165, 1.54) is 0 Å². The molecule has 0 spiro atoms. The van der Waals surface area contributed by atoms with E-state index in [0.29, 0.717) is 19.8 Å². The minimum absolute atomic E-state index is 0.270. The van der Waals surface area contributed by atoms with Gasteiger partial charge in [-0.05, 0) is 32.1 Å². The first kappa shape index (κ1) is 17.5. The van der Waals surface area contributed by atoms with Crippen molar-refractivity contribution in [2.24, 2.45) is 0 Å². The van der Waals surface area contributed by atoms with Crippen molar-refractivity contribution in [3.05, 3.63) is 30.3 Å². The largest absolute Gasteiger partial charge is 0.442 e. The Kier molecular flexibility index (Phi) is 8.47. The van der Waals surface area contributed by atoms with Crippen molar-refractivity contribution >= 4 is 11.8 Å². The lowest BCUT2D eigenvalue weighted by Gasteiger charge is -2.25. The highest BCUT2D eigenvalue weighted by molar-refractivity contribution is 5.84. The fraction of sp³-hybridized carbons (Fsp3) is 0.562. The number of benzene rings is 1. The number of hydrogen-bond donors (Lipinski definition) is 1. The molecular formula is C16H26N2O3. The average molecular weight is 294 g/mol. The Labute approximate surface area is 127 Å². The van der Waals surface area contributed by atoms with E-state index in [1.54, 1.807) is 0 Å². The highest BCUT2D eigenvalue weighted by atomic mass is 16.6. The van der Waals surface area contributed by atoms with Gasteiger partial charge in [-0.2, -0.15) is 0 Å². The Morgan fingerprint density at radius 2 is 1.86 bits per heavy atom. The van der Waals surface area contributed by atoms with E-state index in [2.05, 4.69) is 24.1 Å². The summed E-state index contributed by atoms with van der Waals surface area (Å²) in [6.45, 7) is 9.64. The van der Waals surface area contributed by atoms with Crippen molar-refractivity contribution in [2.75, 3.05) is 38.2 Å². The van der Waals surface area contributed by atoms with Gasteiger partial charge in [-0.25, -0.2) is 4.79 Å². The predicted octanol–water partition coefficient (Wildman–Crippen LogP) is 2.98. The molecule has 118 valence electrons. The maximum Gasteiger partial charge on any atom is 0.412 e. The molecule has 1 rings (SSSR count). The normalized spacial score (nSPS) is 12.2. The van der Waals surface area contributed by atoms with E-state index < -0.39 is 6.09 Å². The van der Waals surface area contributed by atoms with Gasteiger partial charge in [0, 0.05) is 18.8 Å². The number of carbonyl (C=O) groups excluding carboxylic acids is 1. The molecule has 0 aliphatic rings. The lowest BCUT2D eigenvalue weighted by atomic mass is 10.3. The van der Waals surface area contributed by atoms with Crippen LogP contribution in [-0.2, 0) is 9.47 Å². The molecule has 0 aliphatic carbocycles. The van der Waals surface area contributed by atoms with Crippen molar-refractivity contribution in [1.82, 2.24) is 4.90 Å². The van der Waals surface area contributed by atoms with Gasteiger partial charge in [0.05, 0.1) is 6.61 Å². The summed E-state index contributed by atoms with van der Waals surface area (Å²) in [5.74, 6) is 0. The third-order valence-electron chi connectivity index (χ3n) is 3.16. The van der Waals surface area contributed by atoms with Crippen LogP contribution in [0.25, 0.3) is 0 Å². The van der Waals surface area contributed by atoms with Crippen molar-refractivity contribution < 1.29 is 14.3 Å². The van der Waals surface area contributed by atoms with Gasteiger partial charge in [-0.15, -0.1) is 0 Å². The van der Waals surface area contributed by atoms with Gasteiger partial charge in [0.2, 0.25) is 0 Å². The number of carbonyl (C=O) groups is 1. The fourth-order valence-electron chi connectivity index (χ4n) is 1.96. The molecule has 0 radical (unpaired) electrons. The summed E-state index contributed by atoms with van der Waals surface area (Å²) < 4.78 is 10.9. The standard InChI is InChI=1S/C16H26N2O3/c1-4-18(5-2)12-15(13-20-6-3)21-16(19)17-14-10-8-7-9-11-14/h7-11,15H,4-6,12-13H2,1-3H3,(H,17,19). The van der Waals surface area contributed by atoms with Crippen LogP contribution >= 0.6 is 0 Å². The quantitative estimate of drug-likeness (QED) is 0.760. The van der Waals surface area contributed by atoms with Crippen molar-refractivity contribution in [3.63, 3.8) is 0 Å². The van der Waals surface area contributed by atoms with Gasteiger partial charge < -0.3 is 14.4 Å². The summed E-state index contributed by atoms with van der Waals surface area (Å²) in [7, 11) is 0. The number of hydrogen-bond acceptors (Lipinski definition) is 4. The third-order valence-corrected chi connectivity index (χ3v) is 3.16. The van der Waals surface area contributed by atoms with Crippen molar-refractivity contribution in [3.8, 4) is 0 Å². The first-order valence-corrected chi connectivity index (χ1v) is 7.52. The summed E-state index contributed by atoms with van der Waals surface area (Å²) in [5.41, 5.74) is 0.723. The number of rotatable bonds is 9. The number of nitrogens with one attached hydrogen (secondary N) is 1. The minimum Gasteiger partial charge on any atom is -0.442 e. The zero-order valence-electron chi connectivity index (χ0n) is 13.2. The monoisotopic (exact) mass is 294 g/mol. The Morgan fingerprint density at radius 3 is 2.43 bits per heavy atom. The summed E-state index contributed by atoms with van der Waals surface area (Å²) in [4.78, 5) is 14.1. The summed E-state index contributed by atoms with van der Waals surface area (Å²) in [6.07, 6.45) is -0.716. The van der Waals surface area contributed by atoms with Crippen LogP contribution in [0.15, 0.2) is 30.3 Å². The molecule has 0 aromatic heterocycles. The number of anilines is 1. The number of likely N-dealkylation sites (N-methyl/N-ethyl adjacent to an activating group) is 1. The van der Waals surface area contributed by atoms with E-state index in [1.807, 2.05) is 37.3 Å². The summed E-state index contributed by atoms with van der Waals surface area (Å²) in [6, 6.07) is 9.27. The lowest BCUT2D eigenvalue weighted by Crippen LogP contribution is -2.38. The van der Waals surface area contributed by atoms with Crippen molar-refractivity contribution in [2.45, 2.75) is 26.9 Å². The van der Waals surface area contributed by atoms with E-state index in [4.69, 9.17) is 9.47 Å². The molecular weight excluding hydrogens is 268 g/mol. The zero-order valence-corrected chi connectivity index (χ0v) is 13.2. The number of ether oxygens (including phenoxy) is 2. The van der Waals surface area contributed by atoms with Gasteiger partial charge in [0.25, 0.3) is 0 Å². The van der Waals surface area contributed by atoms with Crippen LogP contribution in [0.1, 0.15) is 20.8 Å². The molecule has 0 saturated carbocycles. The summed E-state index contributed by atoms with van der Waals surface area (Å²) in [5, 5.41) is 2.72. The van der Waals surface area contributed by atoms with E-state index in [0.717, 1.165) is 18.8 Å². The number of para-hydroxylation sites is 1. The predicted molar refractivity (Wildman–Crippen MR) is 84.6 cm³/mol. The van der Waals surface area contributed by atoms with Crippen LogP contribution in [0.2, 0.25) is 0 Å². The van der Waals surface area contributed by atoms with Gasteiger partial charge in [0.1, 0.15) is 6.10 Å². The molecule has 0 bridgehead atoms. The molecule has 1 N–H and O–H groups in total. The molecule has 1 aromatic rings. The van der Waals surface area contributed by atoms with Gasteiger partial charge in [-0.1, -0.05) is 32.0 Å². The minimum atomic E-state index is -0.446. The van der Waals surface area contributed by atoms with Gasteiger partial charge >= 0.3 is 6.09 Å². The molecule has 1 atom stereocenters. The van der Waals surface area contributed by atoms with E-state index in [9.17, 15) is 4.79 Å². The molecule has 1 amide bonds. The van der Waals surface area contributed by atoms with E-state index in [-0.39, 0.29) is 6.10 Å². The Bertz CT molecular complexity index is 394. The van der Waals surface area contributed by atoms with Crippen molar-refractivity contribution in [1.29, 1.82) is 0 Å². The molecule has 1 unspecified atom stereocenters. The zero-order chi connectivity index (χ0) is 15.5. The summed E-state index contributed by atoms with van der Waals surface area (Å²) >= 11 is 0. The lowest BCUT2D eigenvalue weighted by molar-refractivity contribution is 0.0125. The second-order valence-electron chi connectivity index (χ2n) is 4.66. The van der Waals surface area contributed by atoms with Crippen LogP contribution in [0.3, 0.4) is 0 Å². The van der Waals surface area contributed by atoms with Gasteiger partial charge in [0.15, 0.2) is 0 Å². The Hall–Kier alpha value is -1.59. The first-order valence-electron chi connectivity index (χ1n) is 7.52. The van der Waals surface area contributed by atoms with Crippen LogP contribution < -0.4 is 5.32 Å².